The molecule has 9 atom stereocenters. The predicted octanol–water partition coefficient (Wildman–Crippen LogP) is 18.3. The molecule has 22 rings (SSSR count). The first-order chi connectivity index (χ1) is 72.1. The number of thiazole rings is 4. The lowest BCUT2D eigenvalue weighted by Gasteiger charge is -2.49. The van der Waals surface area contributed by atoms with Crippen LogP contribution in [-0.4, -0.2) is 225 Å². The quantitative estimate of drug-likeness (QED) is 0.0354. The van der Waals surface area contributed by atoms with Gasteiger partial charge in [-0.05, 0) is 195 Å². The van der Waals surface area contributed by atoms with Crippen molar-refractivity contribution in [3.63, 3.8) is 0 Å². The van der Waals surface area contributed by atoms with Gasteiger partial charge in [-0.3, -0.25) is 52.7 Å². The van der Waals surface area contributed by atoms with Crippen molar-refractivity contribution in [1.82, 2.24) is 54.2 Å². The summed E-state index contributed by atoms with van der Waals surface area (Å²) in [7, 11) is 0. The minimum Gasteiger partial charge on any atom is -0.391 e. The van der Waals surface area contributed by atoms with E-state index in [4.69, 9.17) is 0 Å². The summed E-state index contributed by atoms with van der Waals surface area (Å²) in [6.07, 6.45) is 7.52. The van der Waals surface area contributed by atoms with Gasteiger partial charge < -0.3 is 54.7 Å². The lowest BCUT2D eigenvalue weighted by Crippen LogP contribution is -2.64. The van der Waals surface area contributed by atoms with Crippen LogP contribution in [0, 0.1) is 34.6 Å². The Morgan fingerprint density at radius 1 is 0.356 bits per heavy atom. The molecule has 31 heteroatoms. The Bertz CT molecular complexity index is 7130. The van der Waals surface area contributed by atoms with Gasteiger partial charge in [0.25, 0.3) is 29.5 Å². The third kappa shape index (κ3) is 22.3. The number of nitrogens with zero attached hydrogens (tertiary/aromatic N) is 11. The molecule has 0 unspecified atom stereocenters. The fourth-order valence-electron chi connectivity index (χ4n) is 22.8. The molecule has 4 saturated heterocycles. The van der Waals surface area contributed by atoms with Crippen molar-refractivity contribution in [3.8, 4) is 41.8 Å². The summed E-state index contributed by atoms with van der Waals surface area (Å²) in [5.74, 6) is -1.44. The molecule has 5 aromatic heterocycles. The first-order valence-electron chi connectivity index (χ1n) is 51.4. The summed E-state index contributed by atoms with van der Waals surface area (Å²) in [5, 5.41) is 43.7. The SMILES string of the molecule is Cc1cccc(C(=O)N2C[C@H](O)C[C@H]2C(=O)CCc2ccc(-c3scnc3C)cc2)c1.Cc1ncsc1-c1ccc(CCC(=O)[C@@H]2C[C@@H](O)CN2C(=O)C2(N3Cc4ccccc4C3=O)CCC2)cc1.Cc1ncsc1-c1ccc(CCC(=O)[C@@H]2C[C@@H](O)CN2C(=O)C2(N3Cc4ccccc4C3=O)CCCCC2)cc1.Cc1ncsc1-c1ccc(CCC(=O)[C@@H]2C[C@@H](O)CN2C(=O)[C@H](c2cccs2)N2Cc3ccccc3C2=O)cc1. The van der Waals surface area contributed by atoms with Crippen molar-refractivity contribution in [1.29, 1.82) is 0 Å². The van der Waals surface area contributed by atoms with Gasteiger partial charge in [-0.25, -0.2) is 19.9 Å². The minimum atomic E-state index is -0.971. The number of aryl methyl sites for hydroxylation is 9. The molecule has 0 radical (unpaired) electrons. The molecule has 768 valence electrons. The number of hydrogen-bond acceptors (Lipinski definition) is 24. The van der Waals surface area contributed by atoms with Crippen molar-refractivity contribution in [2.75, 3.05) is 26.2 Å². The zero-order chi connectivity index (χ0) is 104. The smallest absolute Gasteiger partial charge is 0.255 e. The van der Waals surface area contributed by atoms with Gasteiger partial charge in [-0.15, -0.1) is 56.7 Å². The highest BCUT2D eigenvalue weighted by atomic mass is 32.1. The molecule has 9 aliphatic rings. The average molecular weight is 2090 g/mol. The molecule has 12 heterocycles. The van der Waals surface area contributed by atoms with Crippen LogP contribution in [0.1, 0.15) is 222 Å². The number of carbonyl (C=O) groups excluding carboxylic acids is 11. The number of hydrogen-bond donors (Lipinski definition) is 4. The molecule has 0 spiro atoms. The number of fused-ring (bicyclic) bond motifs is 3. The fraction of sp³-hybridized carbons (Fsp3) is 0.364. The molecule has 13 aromatic rings. The van der Waals surface area contributed by atoms with E-state index in [1.54, 1.807) is 82.0 Å². The summed E-state index contributed by atoms with van der Waals surface area (Å²) in [6, 6.07) is 62.8. The first kappa shape index (κ1) is 104. The molecular weight excluding hydrogens is 1970 g/mol. The molecule has 8 aromatic carbocycles. The van der Waals surface area contributed by atoms with Gasteiger partial charge in [-0.2, -0.15) is 0 Å². The van der Waals surface area contributed by atoms with Gasteiger partial charge >= 0.3 is 0 Å². The Kier molecular flexibility index (Phi) is 32.0. The van der Waals surface area contributed by atoms with Crippen LogP contribution < -0.4 is 0 Å². The number of ketones is 4. The van der Waals surface area contributed by atoms with E-state index in [0.29, 0.717) is 119 Å². The summed E-state index contributed by atoms with van der Waals surface area (Å²) in [5.41, 5.74) is 24.4. The third-order valence-electron chi connectivity index (χ3n) is 31.0. The predicted molar refractivity (Wildman–Crippen MR) is 576 cm³/mol. The van der Waals surface area contributed by atoms with Crippen LogP contribution in [0.25, 0.3) is 41.8 Å². The average Bonchev–Trinajstić information content (AvgIpc) is 1.59. The molecule has 149 heavy (non-hydrogen) atoms. The Hall–Kier alpha value is -13.2. The fourth-order valence-corrected chi connectivity index (χ4v) is 26.8. The summed E-state index contributed by atoms with van der Waals surface area (Å²) in [4.78, 5) is 183. The van der Waals surface area contributed by atoms with E-state index in [2.05, 4.69) is 56.3 Å². The molecule has 7 amide bonds. The number of carbonyl (C=O) groups is 11. The van der Waals surface area contributed by atoms with E-state index in [1.165, 1.54) is 21.1 Å². The number of aliphatic hydroxyl groups excluding tert-OH is 4. The number of amides is 7. The van der Waals surface area contributed by atoms with Crippen LogP contribution in [0.4, 0.5) is 0 Å². The Labute approximate surface area is 886 Å². The van der Waals surface area contributed by atoms with Gasteiger partial charge in [0, 0.05) is 124 Å². The van der Waals surface area contributed by atoms with Gasteiger partial charge in [0.2, 0.25) is 11.8 Å². The molecule has 26 nitrogen and oxygen atoms in total. The second kappa shape index (κ2) is 45.7. The number of β-amino-alcohol motifs (C(OH)–C–C–N with tert-alkyl or cyclic N) is 4. The lowest BCUT2D eigenvalue weighted by molar-refractivity contribution is -0.152. The van der Waals surface area contributed by atoms with E-state index in [0.717, 1.165) is 140 Å². The van der Waals surface area contributed by atoms with Gasteiger partial charge in [0.15, 0.2) is 23.1 Å². The summed E-state index contributed by atoms with van der Waals surface area (Å²) in [6.45, 7) is 11.6. The van der Waals surface area contributed by atoms with E-state index in [-0.39, 0.29) is 116 Å². The maximum atomic E-state index is 14.4. The largest absolute Gasteiger partial charge is 0.391 e. The summed E-state index contributed by atoms with van der Waals surface area (Å²) < 4.78 is 0. The molecule has 4 N–H and O–H groups in total. The number of aliphatic hydroxyl groups is 4. The normalized spacial score (nSPS) is 20.5. The van der Waals surface area contributed by atoms with Gasteiger partial charge in [0.05, 0.1) is 113 Å². The minimum absolute atomic E-state index is 0.0000640. The number of benzene rings is 8. The maximum Gasteiger partial charge on any atom is 0.255 e. The number of rotatable bonds is 28. The molecule has 6 fully saturated rings. The van der Waals surface area contributed by atoms with Crippen LogP contribution in [0.3, 0.4) is 0 Å². The second-order valence-electron chi connectivity index (χ2n) is 40.7. The lowest BCUT2D eigenvalue weighted by atomic mass is 9.73. The van der Waals surface area contributed by atoms with Crippen molar-refractivity contribution in [2.45, 2.75) is 248 Å². The van der Waals surface area contributed by atoms with Crippen molar-refractivity contribution >= 4 is 121 Å². The number of Topliss-reactive ketones (excluding diaryl/α,β-unsaturated/α-hetero) is 4. The molecule has 7 aliphatic heterocycles. The standard InChI is InChI=1S/C32H35N3O4S.C31H29N3O4S2.C30H31N3O4S.C25H26N2O3S/c1-21-29(40-20-33-21)23-12-9-22(10-13-23)11-14-28(37)27-17-25(36)19-34(27)31(39)32(15-5-2-6-16-32)35-18-24-7-3-4-8-26(24)30(35)38;1-19-29(40-18-32-19)21-11-8-20(9-12-21)10-13-26(36)25-15-23(35)17-33(25)31(38)28(27-7-4-14-39-27)34-16-22-5-2-3-6-24(22)30(34)37;1-19-27(38-18-31-19)21-10-7-20(8-11-21)9-12-26(35)25-15-23(34)17-32(25)29(37)30(13-4-14-30)33-16-22-5-2-3-6-24(22)28(33)36;1-16-4-3-5-20(12-16)25(30)27-14-21(28)13-22(27)23(29)11-8-18-6-9-19(10-7-18)24-17(2)26-15-31-24/h3-4,7-10,12-13,20,25,27,36H,2,5-6,11,14-19H2,1H3;2-9,11-12,14,18,23,25,28,35H,10,13,15-17H2,1H3;2-3,5-8,10-11,18,23,25,34H,4,9,12-17H2,1H3;3-7,9-10,12,15,21-22,28H,8,11,13-14H2,1-2H3/t25-,27+;23-,25+,28+;23-,25+;21-,22+/m1111/s1. The second-order valence-corrected chi connectivity index (χ2v) is 45.1. The van der Waals surface area contributed by atoms with Crippen molar-refractivity contribution in [3.05, 3.63) is 328 Å². The highest BCUT2D eigenvalue weighted by molar-refractivity contribution is 7.14. The number of thiophene rings is 1. The number of aromatic nitrogens is 4. The highest BCUT2D eigenvalue weighted by Crippen LogP contribution is 2.48. The van der Waals surface area contributed by atoms with Crippen LogP contribution in [-0.2, 0) is 78.9 Å². The van der Waals surface area contributed by atoms with Crippen molar-refractivity contribution < 1.29 is 73.2 Å². The van der Waals surface area contributed by atoms with E-state index in [9.17, 15) is 73.2 Å². The van der Waals surface area contributed by atoms with Gasteiger partial charge in [-0.1, -0.05) is 195 Å². The third-order valence-corrected chi connectivity index (χ3v) is 35.8. The Balaban J connectivity index is 0.000000125. The van der Waals surface area contributed by atoms with Crippen LogP contribution in [0.15, 0.2) is 234 Å². The molecule has 2 saturated carbocycles. The van der Waals surface area contributed by atoms with E-state index < -0.39 is 65.7 Å². The highest BCUT2D eigenvalue weighted by Gasteiger charge is 2.59. The number of likely N-dealkylation sites (tertiary alicyclic amines) is 4. The monoisotopic (exact) mass is 2090 g/mol. The molecule has 0 bridgehead atoms. The maximum absolute atomic E-state index is 14.4. The van der Waals surface area contributed by atoms with Crippen LogP contribution in [0.2, 0.25) is 0 Å². The zero-order valence-corrected chi connectivity index (χ0v) is 88.1. The van der Waals surface area contributed by atoms with Crippen LogP contribution >= 0.6 is 56.7 Å². The van der Waals surface area contributed by atoms with Crippen molar-refractivity contribution in [2.24, 2.45) is 0 Å². The van der Waals surface area contributed by atoms with Gasteiger partial charge in [0.1, 0.15) is 17.1 Å². The van der Waals surface area contributed by atoms with E-state index in [1.807, 2.05) is 220 Å². The molecular formula is C118H121N11O15S5. The topological polar surface area (TPSA) is 343 Å². The van der Waals surface area contributed by atoms with E-state index >= 15 is 0 Å². The summed E-state index contributed by atoms with van der Waals surface area (Å²) >= 11 is 7.86. The zero-order valence-electron chi connectivity index (χ0n) is 84.0. The van der Waals surface area contributed by atoms with Crippen LogP contribution in [0.5, 0.6) is 0 Å². The first-order valence-corrected chi connectivity index (χ1v) is 55.8. The Morgan fingerprint density at radius 2 is 0.691 bits per heavy atom. The molecule has 2 aliphatic carbocycles. The Morgan fingerprint density at radius 3 is 1.02 bits per heavy atom.